The molecule has 0 spiro atoms. The van der Waals surface area contributed by atoms with Crippen molar-refractivity contribution in [2.24, 2.45) is 0 Å². The van der Waals surface area contributed by atoms with E-state index < -0.39 is 17.8 Å². The molecule has 0 saturated carbocycles. The Hall–Kier alpha value is -3.87. The minimum absolute atomic E-state index is 0.0521. The van der Waals surface area contributed by atoms with Crippen LogP contribution in [0, 0.1) is 13.8 Å². The number of furan rings is 1. The average molecular weight is 431 g/mol. The molecule has 2 aromatic heterocycles. The van der Waals surface area contributed by atoms with E-state index in [0.29, 0.717) is 11.7 Å². The molecule has 3 heterocycles. The number of urea groups is 1. The summed E-state index contributed by atoms with van der Waals surface area (Å²) in [5.41, 5.74) is 4.77. The number of hydrogen-bond donors (Lipinski definition) is 1. The summed E-state index contributed by atoms with van der Waals surface area (Å²) in [4.78, 5) is 38.6. The van der Waals surface area contributed by atoms with E-state index in [4.69, 9.17) is 4.42 Å². The molecule has 1 N–H and O–H groups in total. The molecule has 0 radical (unpaired) electrons. The maximum Gasteiger partial charge on any atom is 0.331 e. The summed E-state index contributed by atoms with van der Waals surface area (Å²) in [7, 11) is 0. The molecule has 7 heteroatoms. The van der Waals surface area contributed by atoms with Gasteiger partial charge in [-0.25, -0.2) is 4.79 Å². The van der Waals surface area contributed by atoms with Gasteiger partial charge in [0, 0.05) is 17.1 Å². The molecule has 0 unspecified atom stereocenters. The van der Waals surface area contributed by atoms with Gasteiger partial charge in [-0.3, -0.25) is 19.8 Å². The lowest BCUT2D eigenvalue weighted by atomic mass is 10.0. The fourth-order valence-electron chi connectivity index (χ4n) is 3.89. The number of carbonyl (C=O) groups is 3. The Balaban J connectivity index is 1.68. The molecule has 0 atom stereocenters. The molecule has 1 aliphatic rings. The van der Waals surface area contributed by atoms with Crippen LogP contribution in [0.3, 0.4) is 0 Å². The zero-order valence-electron chi connectivity index (χ0n) is 18.5. The van der Waals surface area contributed by atoms with Crippen LogP contribution in [0.1, 0.15) is 48.0 Å². The van der Waals surface area contributed by atoms with E-state index in [2.05, 4.69) is 48.0 Å². The van der Waals surface area contributed by atoms with E-state index in [-0.39, 0.29) is 12.1 Å². The molecular formula is C25H25N3O4. The Bertz CT molecular complexity index is 1210. The summed E-state index contributed by atoms with van der Waals surface area (Å²) in [5, 5.41) is 2.24. The number of aromatic nitrogens is 1. The summed E-state index contributed by atoms with van der Waals surface area (Å²) >= 11 is 0. The van der Waals surface area contributed by atoms with Gasteiger partial charge < -0.3 is 8.98 Å². The Morgan fingerprint density at radius 1 is 1.06 bits per heavy atom. The zero-order chi connectivity index (χ0) is 23.0. The first-order valence-corrected chi connectivity index (χ1v) is 10.5. The van der Waals surface area contributed by atoms with Crippen molar-refractivity contribution < 1.29 is 18.8 Å². The van der Waals surface area contributed by atoms with Crippen LogP contribution in [0.5, 0.6) is 0 Å². The fraction of sp³-hybridized carbons (Fsp3) is 0.240. The first kappa shape index (κ1) is 21.4. The van der Waals surface area contributed by atoms with Crippen LogP contribution < -0.4 is 5.32 Å². The third-order valence-corrected chi connectivity index (χ3v) is 5.67. The molecule has 164 valence electrons. The molecule has 7 nitrogen and oxygen atoms in total. The summed E-state index contributed by atoms with van der Waals surface area (Å²) in [6.45, 7) is 8.16. The van der Waals surface area contributed by atoms with Crippen molar-refractivity contribution in [2.45, 2.75) is 40.2 Å². The minimum Gasteiger partial charge on any atom is -0.467 e. The van der Waals surface area contributed by atoms with Crippen molar-refractivity contribution >= 4 is 23.9 Å². The van der Waals surface area contributed by atoms with E-state index in [1.807, 2.05) is 19.9 Å². The predicted octanol–water partition coefficient (Wildman–Crippen LogP) is 4.47. The van der Waals surface area contributed by atoms with Gasteiger partial charge in [-0.05, 0) is 67.3 Å². The third-order valence-electron chi connectivity index (χ3n) is 5.67. The highest BCUT2D eigenvalue weighted by Crippen LogP contribution is 2.26. The van der Waals surface area contributed by atoms with Gasteiger partial charge in [0.1, 0.15) is 11.3 Å². The average Bonchev–Trinajstić information content (AvgIpc) is 3.36. The molecule has 1 fully saturated rings. The highest BCUT2D eigenvalue weighted by atomic mass is 16.3. The van der Waals surface area contributed by atoms with Gasteiger partial charge in [-0.1, -0.05) is 26.0 Å². The lowest BCUT2D eigenvalue weighted by Crippen LogP contribution is -2.53. The second kappa shape index (κ2) is 8.34. The molecular weight excluding hydrogens is 406 g/mol. The summed E-state index contributed by atoms with van der Waals surface area (Å²) in [6.07, 6.45) is 3.01. The third kappa shape index (κ3) is 3.89. The normalized spacial score (nSPS) is 15.7. The van der Waals surface area contributed by atoms with Crippen LogP contribution in [0.25, 0.3) is 11.8 Å². The van der Waals surface area contributed by atoms with Gasteiger partial charge in [-0.15, -0.1) is 0 Å². The lowest BCUT2D eigenvalue weighted by Gasteiger charge is -2.25. The first-order chi connectivity index (χ1) is 15.3. The number of nitrogens with one attached hydrogen (secondary N) is 1. The second-order valence-electron chi connectivity index (χ2n) is 8.20. The van der Waals surface area contributed by atoms with Crippen LogP contribution in [-0.4, -0.2) is 27.3 Å². The number of aryl methyl sites for hydroxylation is 1. The molecule has 1 saturated heterocycles. The Labute approximate surface area is 186 Å². The van der Waals surface area contributed by atoms with E-state index in [1.165, 1.54) is 11.8 Å². The van der Waals surface area contributed by atoms with Gasteiger partial charge >= 0.3 is 6.03 Å². The van der Waals surface area contributed by atoms with E-state index >= 15 is 0 Å². The Morgan fingerprint density at radius 2 is 1.78 bits per heavy atom. The van der Waals surface area contributed by atoms with Gasteiger partial charge in [0.25, 0.3) is 11.8 Å². The maximum atomic E-state index is 13.0. The molecule has 32 heavy (non-hydrogen) atoms. The van der Waals surface area contributed by atoms with Crippen molar-refractivity contribution in [1.29, 1.82) is 0 Å². The molecule has 3 aromatic rings. The number of hydrogen-bond acceptors (Lipinski definition) is 4. The SMILES string of the molecule is Cc1cc(C=C2C(=O)NC(=O)N(Cc3ccco3)C2=O)c(C)n1-c1ccc(C(C)C)cc1. The Morgan fingerprint density at radius 3 is 2.41 bits per heavy atom. The highest BCUT2D eigenvalue weighted by molar-refractivity contribution is 6.31. The van der Waals surface area contributed by atoms with Crippen molar-refractivity contribution in [3.8, 4) is 5.69 Å². The predicted molar refractivity (Wildman–Crippen MR) is 120 cm³/mol. The number of carbonyl (C=O) groups excluding carboxylic acids is 3. The molecule has 4 amide bonds. The minimum atomic E-state index is -0.760. The molecule has 1 aliphatic heterocycles. The standard InChI is InChI=1S/C25H25N3O4/c1-15(2)18-7-9-20(10-8-18)28-16(3)12-19(17(28)4)13-22-23(29)26-25(31)27(24(22)30)14-21-6-5-11-32-21/h5-13,15H,14H2,1-4H3,(H,26,29,31). The van der Waals surface area contributed by atoms with E-state index in [9.17, 15) is 14.4 Å². The van der Waals surface area contributed by atoms with Crippen molar-refractivity contribution in [1.82, 2.24) is 14.8 Å². The molecule has 1 aromatic carbocycles. The van der Waals surface area contributed by atoms with E-state index in [0.717, 1.165) is 27.5 Å². The summed E-state index contributed by atoms with van der Waals surface area (Å²) < 4.78 is 7.32. The summed E-state index contributed by atoms with van der Waals surface area (Å²) in [5.74, 6) is -0.466. The number of rotatable bonds is 5. The number of nitrogens with zero attached hydrogens (tertiary/aromatic N) is 2. The molecule has 0 aliphatic carbocycles. The fourth-order valence-corrected chi connectivity index (χ4v) is 3.89. The smallest absolute Gasteiger partial charge is 0.331 e. The molecule has 4 rings (SSSR count). The van der Waals surface area contributed by atoms with Crippen LogP contribution in [0.15, 0.2) is 58.7 Å². The van der Waals surface area contributed by atoms with Gasteiger partial charge in [-0.2, -0.15) is 0 Å². The van der Waals surface area contributed by atoms with Gasteiger partial charge in [0.05, 0.1) is 12.8 Å². The second-order valence-corrected chi connectivity index (χ2v) is 8.20. The van der Waals surface area contributed by atoms with Crippen molar-refractivity contribution in [3.63, 3.8) is 0 Å². The van der Waals surface area contributed by atoms with Crippen LogP contribution in [-0.2, 0) is 16.1 Å². The number of imide groups is 2. The Kier molecular flexibility index (Phi) is 5.57. The topological polar surface area (TPSA) is 84.6 Å². The van der Waals surface area contributed by atoms with E-state index in [1.54, 1.807) is 18.2 Å². The highest BCUT2D eigenvalue weighted by Gasteiger charge is 2.36. The quantitative estimate of drug-likeness (QED) is 0.477. The summed E-state index contributed by atoms with van der Waals surface area (Å²) in [6, 6.07) is 12.8. The maximum absolute atomic E-state index is 13.0. The van der Waals surface area contributed by atoms with Crippen molar-refractivity contribution in [3.05, 3.63) is 82.6 Å². The lowest BCUT2D eigenvalue weighted by molar-refractivity contribution is -0.130. The first-order valence-electron chi connectivity index (χ1n) is 10.5. The van der Waals surface area contributed by atoms with Crippen LogP contribution in [0.4, 0.5) is 4.79 Å². The monoisotopic (exact) mass is 431 g/mol. The number of benzene rings is 1. The zero-order valence-corrected chi connectivity index (χ0v) is 18.5. The number of barbiturate groups is 1. The van der Waals surface area contributed by atoms with Gasteiger partial charge in [0.2, 0.25) is 0 Å². The van der Waals surface area contributed by atoms with Crippen LogP contribution >= 0.6 is 0 Å². The van der Waals surface area contributed by atoms with Gasteiger partial charge in [0.15, 0.2) is 0 Å². The van der Waals surface area contributed by atoms with Crippen LogP contribution in [0.2, 0.25) is 0 Å². The largest absolute Gasteiger partial charge is 0.467 e. The van der Waals surface area contributed by atoms with Crippen molar-refractivity contribution in [2.75, 3.05) is 0 Å². The number of amides is 4. The molecule has 0 bridgehead atoms.